The Bertz CT molecular complexity index is 1260. The van der Waals surface area contributed by atoms with E-state index in [4.69, 9.17) is 9.63 Å². The van der Waals surface area contributed by atoms with Crippen LogP contribution in [-0.2, 0) is 17.5 Å². The van der Waals surface area contributed by atoms with Gasteiger partial charge in [0.15, 0.2) is 0 Å². The van der Waals surface area contributed by atoms with Crippen LogP contribution in [0.25, 0.3) is 34.0 Å². The van der Waals surface area contributed by atoms with Crippen molar-refractivity contribution in [3.8, 4) is 34.0 Å². The van der Waals surface area contributed by atoms with Gasteiger partial charge in [0.25, 0.3) is 5.89 Å². The highest BCUT2D eigenvalue weighted by Gasteiger charge is 2.29. The second-order valence-corrected chi connectivity index (χ2v) is 7.59. The first-order valence-electron chi connectivity index (χ1n) is 10.4. The monoisotopic (exact) mass is 503 g/mol. The van der Waals surface area contributed by atoms with Crippen molar-refractivity contribution in [2.75, 3.05) is 6.54 Å². The lowest BCUT2D eigenvalue weighted by atomic mass is 10.0. The van der Waals surface area contributed by atoms with Crippen LogP contribution in [-0.4, -0.2) is 27.8 Å². The van der Waals surface area contributed by atoms with E-state index in [1.54, 1.807) is 24.3 Å². The molecule has 0 aliphatic rings. The predicted octanol–water partition coefficient (Wildman–Crippen LogP) is 6.08. The number of rotatable bonds is 8. The minimum Gasteiger partial charge on any atom is -0.481 e. The molecule has 182 valence electrons. The third-order valence-electron chi connectivity index (χ3n) is 5.16. The Morgan fingerprint density at radius 3 is 1.97 bits per heavy atom. The Labute approximate surface area is 205 Å². The molecule has 6 nitrogen and oxygen atoms in total. The summed E-state index contributed by atoms with van der Waals surface area (Å²) >= 11 is 0. The van der Waals surface area contributed by atoms with Gasteiger partial charge in [-0.15, -0.1) is 12.4 Å². The van der Waals surface area contributed by atoms with Crippen LogP contribution in [0.3, 0.4) is 0 Å². The fourth-order valence-electron chi connectivity index (χ4n) is 3.31. The minimum absolute atomic E-state index is 0. The molecule has 0 radical (unpaired) electrons. The maximum absolute atomic E-state index is 12.8. The summed E-state index contributed by atoms with van der Waals surface area (Å²) < 4.78 is 43.6. The maximum Gasteiger partial charge on any atom is 0.416 e. The molecule has 0 atom stereocenters. The number of nitrogens with zero attached hydrogens (tertiary/aromatic N) is 2. The Kier molecular flexibility index (Phi) is 8.26. The summed E-state index contributed by atoms with van der Waals surface area (Å²) in [5, 5.41) is 15.7. The fraction of sp³-hybridized carbons (Fsp3) is 0.160. The summed E-state index contributed by atoms with van der Waals surface area (Å²) in [7, 11) is 0. The van der Waals surface area contributed by atoms with Crippen molar-refractivity contribution in [2.24, 2.45) is 0 Å². The molecule has 3 aromatic carbocycles. The summed E-state index contributed by atoms with van der Waals surface area (Å²) in [4.78, 5) is 15.0. The van der Waals surface area contributed by atoms with Crippen LogP contribution in [0.4, 0.5) is 13.2 Å². The molecule has 35 heavy (non-hydrogen) atoms. The van der Waals surface area contributed by atoms with Crippen molar-refractivity contribution in [3.63, 3.8) is 0 Å². The average Bonchev–Trinajstić information content (AvgIpc) is 3.32. The number of carboxylic acids is 1. The number of hydrogen-bond acceptors (Lipinski definition) is 5. The normalized spacial score (nSPS) is 11.2. The van der Waals surface area contributed by atoms with Crippen LogP contribution in [0.15, 0.2) is 77.3 Å². The van der Waals surface area contributed by atoms with E-state index in [1.165, 1.54) is 12.1 Å². The number of hydrogen-bond donors (Lipinski definition) is 2. The quantitative estimate of drug-likeness (QED) is 0.283. The number of nitrogens with one attached hydrogen (secondary N) is 1. The fourth-order valence-corrected chi connectivity index (χ4v) is 3.31. The Balaban J connectivity index is 0.00000342. The minimum atomic E-state index is -4.36. The van der Waals surface area contributed by atoms with Crippen LogP contribution in [0.2, 0.25) is 0 Å². The molecule has 4 rings (SSSR count). The van der Waals surface area contributed by atoms with Crippen molar-refractivity contribution in [3.05, 3.63) is 83.9 Å². The molecule has 10 heteroatoms. The van der Waals surface area contributed by atoms with E-state index < -0.39 is 17.7 Å². The summed E-state index contributed by atoms with van der Waals surface area (Å²) in [6, 6.07) is 19.6. The zero-order valence-electron chi connectivity index (χ0n) is 18.2. The van der Waals surface area contributed by atoms with E-state index in [1.807, 2.05) is 24.3 Å². The van der Waals surface area contributed by atoms with Gasteiger partial charge in [-0.2, -0.15) is 18.2 Å². The molecule has 2 N–H and O–H groups in total. The number of halogens is 4. The maximum atomic E-state index is 12.8. The molecule has 0 fully saturated rings. The molecule has 1 heterocycles. The van der Waals surface area contributed by atoms with E-state index in [0.29, 0.717) is 35.9 Å². The predicted molar refractivity (Wildman–Crippen MR) is 127 cm³/mol. The number of aliphatic carboxylic acids is 1. The molecule has 0 spiro atoms. The molecule has 0 saturated heterocycles. The van der Waals surface area contributed by atoms with Gasteiger partial charge in [-0.25, -0.2) is 0 Å². The molecule has 0 bridgehead atoms. The zero-order valence-corrected chi connectivity index (χ0v) is 19.1. The van der Waals surface area contributed by atoms with Crippen molar-refractivity contribution in [1.29, 1.82) is 0 Å². The molecule has 0 unspecified atom stereocenters. The van der Waals surface area contributed by atoms with Crippen molar-refractivity contribution < 1.29 is 27.6 Å². The zero-order chi connectivity index (χ0) is 24.1. The first kappa shape index (κ1) is 25.9. The number of alkyl halides is 3. The highest BCUT2D eigenvalue weighted by molar-refractivity contribution is 5.85. The van der Waals surface area contributed by atoms with Gasteiger partial charge in [-0.05, 0) is 41.0 Å². The number of carbonyl (C=O) groups is 1. The molecular weight excluding hydrogens is 483 g/mol. The van der Waals surface area contributed by atoms with Crippen molar-refractivity contribution in [1.82, 2.24) is 15.5 Å². The summed E-state index contributed by atoms with van der Waals surface area (Å²) in [5.74, 6) is -0.0921. The Morgan fingerprint density at radius 1 is 0.857 bits per heavy atom. The smallest absolute Gasteiger partial charge is 0.416 e. The molecule has 4 aromatic rings. The Hall–Kier alpha value is -3.69. The van der Waals surface area contributed by atoms with Crippen LogP contribution in [0.1, 0.15) is 17.5 Å². The second-order valence-electron chi connectivity index (χ2n) is 7.59. The lowest BCUT2D eigenvalue weighted by molar-refractivity contribution is -0.138. The lowest BCUT2D eigenvalue weighted by Crippen LogP contribution is -2.17. The second kappa shape index (κ2) is 11.2. The first-order chi connectivity index (χ1) is 16.3. The van der Waals surface area contributed by atoms with Crippen molar-refractivity contribution >= 4 is 18.4 Å². The third kappa shape index (κ3) is 6.68. The first-order valence-corrected chi connectivity index (χ1v) is 10.4. The van der Waals surface area contributed by atoms with Gasteiger partial charge >= 0.3 is 12.1 Å². The largest absolute Gasteiger partial charge is 0.481 e. The van der Waals surface area contributed by atoms with Crippen LogP contribution >= 0.6 is 12.4 Å². The van der Waals surface area contributed by atoms with Crippen LogP contribution < -0.4 is 5.32 Å². The number of carboxylic acid groups (broad SMARTS) is 1. The number of aromatic nitrogens is 2. The molecule has 1 aromatic heterocycles. The van der Waals surface area contributed by atoms with Gasteiger partial charge in [0.05, 0.1) is 12.0 Å². The van der Waals surface area contributed by atoms with Crippen molar-refractivity contribution in [2.45, 2.75) is 19.1 Å². The summed E-state index contributed by atoms with van der Waals surface area (Å²) in [6.45, 7) is 0.944. The third-order valence-corrected chi connectivity index (χ3v) is 5.16. The van der Waals surface area contributed by atoms with Crippen LogP contribution in [0, 0.1) is 0 Å². The van der Waals surface area contributed by atoms with E-state index in [9.17, 15) is 18.0 Å². The standard InChI is InChI=1S/C25H20F3N3O3.ClH/c26-25(27,28)21-11-9-18(10-12-21)17-5-7-20(8-6-17)24-30-23(31-34-24)19-3-1-16(2-4-19)15-29-14-13-22(32)33;/h1-12,29H,13-15H2,(H,32,33);1H. The van der Waals surface area contributed by atoms with Gasteiger partial charge in [0, 0.05) is 24.2 Å². The SMILES string of the molecule is Cl.O=C(O)CCNCc1ccc(-c2noc(-c3ccc(-c4ccc(C(F)(F)F)cc4)cc3)n2)cc1. The van der Waals surface area contributed by atoms with E-state index in [-0.39, 0.29) is 18.8 Å². The van der Waals surface area contributed by atoms with E-state index in [2.05, 4.69) is 15.5 Å². The summed E-state index contributed by atoms with van der Waals surface area (Å²) in [5.41, 5.74) is 3.21. The van der Waals surface area contributed by atoms with Gasteiger partial charge in [-0.1, -0.05) is 53.7 Å². The number of benzene rings is 3. The highest BCUT2D eigenvalue weighted by atomic mass is 35.5. The molecule has 0 saturated carbocycles. The van der Waals surface area contributed by atoms with Gasteiger partial charge < -0.3 is 14.9 Å². The van der Waals surface area contributed by atoms with Crippen LogP contribution in [0.5, 0.6) is 0 Å². The highest BCUT2D eigenvalue weighted by Crippen LogP contribution is 2.31. The Morgan fingerprint density at radius 2 is 1.40 bits per heavy atom. The van der Waals surface area contributed by atoms with Gasteiger partial charge in [0.1, 0.15) is 0 Å². The average molecular weight is 504 g/mol. The lowest BCUT2D eigenvalue weighted by Gasteiger charge is -2.08. The molecular formula is C25H21ClF3N3O3. The van der Waals surface area contributed by atoms with E-state index >= 15 is 0 Å². The van der Waals surface area contributed by atoms with Gasteiger partial charge in [0.2, 0.25) is 5.82 Å². The molecule has 0 aliphatic heterocycles. The summed E-state index contributed by atoms with van der Waals surface area (Å²) in [6.07, 6.45) is -4.30. The van der Waals surface area contributed by atoms with E-state index in [0.717, 1.165) is 28.8 Å². The molecule has 0 amide bonds. The van der Waals surface area contributed by atoms with Gasteiger partial charge in [-0.3, -0.25) is 4.79 Å². The topological polar surface area (TPSA) is 88.2 Å². The molecule has 0 aliphatic carbocycles.